The number of nitrogens with two attached hydrogens (primary N) is 1. The maximum Gasteiger partial charge on any atom is 0.405 e. The lowest BCUT2D eigenvalue weighted by molar-refractivity contribution is -0.140. The van der Waals surface area contributed by atoms with Crippen LogP contribution >= 0.6 is 0 Å². The van der Waals surface area contributed by atoms with Crippen LogP contribution in [0, 0.1) is 11.8 Å². The first-order valence-electron chi connectivity index (χ1n) is 13.6. The van der Waals surface area contributed by atoms with Gasteiger partial charge in [0.1, 0.15) is 12.1 Å². The second kappa shape index (κ2) is 14.2. The quantitative estimate of drug-likeness (QED) is 0.175. The fourth-order valence-electron chi connectivity index (χ4n) is 5.23. The van der Waals surface area contributed by atoms with E-state index < -0.39 is 65.3 Å². The number of Topliss-reactive ketones (excluding diaryl/α,β-unsaturated/α-hetero) is 1. The van der Waals surface area contributed by atoms with Gasteiger partial charge in [-0.15, -0.1) is 0 Å². The van der Waals surface area contributed by atoms with E-state index in [1.165, 1.54) is 0 Å². The molecule has 2 aliphatic rings. The zero-order valence-electron chi connectivity index (χ0n) is 23.2. The summed E-state index contributed by atoms with van der Waals surface area (Å²) in [5.41, 5.74) is 4.53. The van der Waals surface area contributed by atoms with Gasteiger partial charge in [0.05, 0.1) is 17.7 Å². The highest BCUT2D eigenvalue weighted by Gasteiger charge is 2.37. The van der Waals surface area contributed by atoms with Crippen molar-refractivity contribution in [2.75, 3.05) is 6.54 Å². The van der Waals surface area contributed by atoms with Crippen LogP contribution in [0.2, 0.25) is 0 Å². The zero-order chi connectivity index (χ0) is 29.3. The number of carbonyl (C=O) groups is 6. The Kier molecular flexibility index (Phi) is 11.7. The van der Waals surface area contributed by atoms with Crippen molar-refractivity contribution in [1.82, 2.24) is 21.3 Å². The van der Waals surface area contributed by atoms with Gasteiger partial charge in [-0.1, -0.05) is 32.1 Å². The van der Waals surface area contributed by atoms with Gasteiger partial charge in [0.25, 0.3) is 5.91 Å². The minimum Gasteiger partial charge on any atom is -0.465 e. The van der Waals surface area contributed by atoms with Crippen molar-refractivity contribution < 1.29 is 38.6 Å². The molecule has 2 rings (SSSR count). The lowest BCUT2D eigenvalue weighted by Gasteiger charge is -2.32. The Morgan fingerprint density at radius 3 is 2.10 bits per heavy atom. The van der Waals surface area contributed by atoms with Crippen LogP contribution in [0.15, 0.2) is 0 Å². The van der Waals surface area contributed by atoms with Gasteiger partial charge in [0, 0.05) is 12.5 Å². The van der Waals surface area contributed by atoms with Crippen molar-refractivity contribution in [3.05, 3.63) is 0 Å². The number of amides is 5. The number of ketones is 1. The molecule has 0 aromatic heterocycles. The predicted molar refractivity (Wildman–Crippen MR) is 140 cm³/mol. The van der Waals surface area contributed by atoms with Crippen LogP contribution in [0.5, 0.6) is 0 Å². The molecule has 1 saturated carbocycles. The maximum atomic E-state index is 13.5. The molecule has 0 aromatic carbocycles. The molecule has 5 atom stereocenters. The van der Waals surface area contributed by atoms with Gasteiger partial charge in [0.2, 0.25) is 23.5 Å². The van der Waals surface area contributed by atoms with Gasteiger partial charge in [-0.05, 0) is 52.9 Å². The first-order valence-corrected chi connectivity index (χ1v) is 13.6. The van der Waals surface area contributed by atoms with E-state index in [9.17, 15) is 33.9 Å². The zero-order valence-corrected chi connectivity index (χ0v) is 23.2. The Morgan fingerprint density at radius 1 is 0.974 bits per heavy atom. The van der Waals surface area contributed by atoms with Gasteiger partial charge in [0.15, 0.2) is 0 Å². The van der Waals surface area contributed by atoms with E-state index >= 15 is 0 Å². The topological polar surface area (TPSA) is 206 Å². The molecule has 3 unspecified atom stereocenters. The summed E-state index contributed by atoms with van der Waals surface area (Å²) >= 11 is 0. The number of ether oxygens (including phenoxy) is 1. The molecule has 1 aliphatic carbocycles. The van der Waals surface area contributed by atoms with E-state index in [1.54, 1.807) is 27.7 Å². The molecular formula is C26H43N5O8. The van der Waals surface area contributed by atoms with Gasteiger partial charge in [-0.2, -0.15) is 0 Å². The first kappa shape index (κ1) is 32.0. The van der Waals surface area contributed by atoms with Crippen LogP contribution in [-0.2, 0) is 28.7 Å². The fraction of sp³-hybridized carbons (Fsp3) is 0.769. The van der Waals surface area contributed by atoms with Crippen molar-refractivity contribution in [3.8, 4) is 0 Å². The van der Waals surface area contributed by atoms with E-state index in [4.69, 9.17) is 10.5 Å². The summed E-state index contributed by atoms with van der Waals surface area (Å²) < 4.78 is 5.80. The summed E-state index contributed by atoms with van der Waals surface area (Å²) in [7, 11) is 0. The van der Waals surface area contributed by atoms with E-state index in [0.29, 0.717) is 13.0 Å². The molecular weight excluding hydrogens is 510 g/mol. The Balaban J connectivity index is 2.27. The number of nitrogens with one attached hydrogen (secondary N) is 4. The summed E-state index contributed by atoms with van der Waals surface area (Å²) in [5.74, 6) is -4.51. The van der Waals surface area contributed by atoms with Gasteiger partial charge in [-0.3, -0.25) is 24.0 Å². The van der Waals surface area contributed by atoms with E-state index in [1.807, 2.05) is 0 Å². The number of carbonyl (C=O) groups excluding carboxylic acids is 5. The maximum absolute atomic E-state index is 13.5. The number of hydrogen-bond acceptors (Lipinski definition) is 7. The Labute approximate surface area is 228 Å². The second-order valence-corrected chi connectivity index (χ2v) is 11.5. The van der Waals surface area contributed by atoms with Crippen LogP contribution in [0.4, 0.5) is 4.79 Å². The molecule has 220 valence electrons. The summed E-state index contributed by atoms with van der Waals surface area (Å²) in [6.07, 6.45) is 3.02. The lowest BCUT2D eigenvalue weighted by Crippen LogP contribution is -2.59. The summed E-state index contributed by atoms with van der Waals surface area (Å²) in [5, 5.41) is 19.3. The lowest BCUT2D eigenvalue weighted by atomic mass is 9.84. The molecule has 1 saturated heterocycles. The number of carboxylic acid groups (broad SMARTS) is 1. The van der Waals surface area contributed by atoms with Crippen LogP contribution < -0.4 is 27.0 Å². The Bertz CT molecular complexity index is 928. The molecule has 1 aliphatic heterocycles. The molecule has 39 heavy (non-hydrogen) atoms. The Morgan fingerprint density at radius 2 is 1.59 bits per heavy atom. The van der Waals surface area contributed by atoms with Gasteiger partial charge < -0.3 is 36.8 Å². The number of primary amides is 1. The number of hydrogen-bond donors (Lipinski definition) is 6. The molecule has 0 radical (unpaired) electrons. The van der Waals surface area contributed by atoms with Gasteiger partial charge >= 0.3 is 6.09 Å². The third-order valence-corrected chi connectivity index (χ3v) is 7.06. The van der Waals surface area contributed by atoms with E-state index in [2.05, 4.69) is 21.3 Å². The van der Waals surface area contributed by atoms with Crippen molar-refractivity contribution in [2.45, 2.75) is 109 Å². The fourth-order valence-corrected chi connectivity index (χ4v) is 5.23. The Hall–Kier alpha value is -3.22. The largest absolute Gasteiger partial charge is 0.465 e. The van der Waals surface area contributed by atoms with Crippen LogP contribution in [0.1, 0.15) is 79.1 Å². The summed E-state index contributed by atoms with van der Waals surface area (Å²) in [6.45, 7) is 7.26. The molecule has 13 heteroatoms. The molecule has 0 aromatic rings. The smallest absolute Gasteiger partial charge is 0.405 e. The molecule has 0 bridgehead atoms. The summed E-state index contributed by atoms with van der Waals surface area (Å²) in [6, 6.07) is -3.79. The van der Waals surface area contributed by atoms with Gasteiger partial charge in [-0.25, -0.2) is 4.79 Å². The van der Waals surface area contributed by atoms with Crippen molar-refractivity contribution in [1.29, 1.82) is 0 Å². The average molecular weight is 554 g/mol. The average Bonchev–Trinajstić information content (AvgIpc) is 3.24. The molecule has 0 spiro atoms. The monoisotopic (exact) mass is 553 g/mol. The van der Waals surface area contributed by atoms with Crippen molar-refractivity contribution in [3.63, 3.8) is 0 Å². The van der Waals surface area contributed by atoms with E-state index in [-0.39, 0.29) is 24.7 Å². The van der Waals surface area contributed by atoms with Crippen LogP contribution in [0.25, 0.3) is 0 Å². The third-order valence-electron chi connectivity index (χ3n) is 7.06. The minimum atomic E-state index is -1.44. The molecule has 13 nitrogen and oxygen atoms in total. The van der Waals surface area contributed by atoms with Crippen LogP contribution in [-0.4, -0.2) is 77.0 Å². The molecule has 1 heterocycles. The van der Waals surface area contributed by atoms with E-state index in [0.717, 1.165) is 32.1 Å². The molecule has 7 N–H and O–H groups in total. The highest BCUT2D eigenvalue weighted by atomic mass is 16.5. The molecule has 2 fully saturated rings. The highest BCUT2D eigenvalue weighted by molar-refractivity contribution is 6.37. The second-order valence-electron chi connectivity index (χ2n) is 11.5. The first-order chi connectivity index (χ1) is 18.2. The highest BCUT2D eigenvalue weighted by Crippen LogP contribution is 2.28. The predicted octanol–water partition coefficient (Wildman–Crippen LogP) is 0.347. The SMILES string of the molecule is C[C@@H](OC(C)(C)C)[C@H](NC(=O)O)C(=O)NC(CC1CCCCC1)C(=O)NC(CC1CCNC1=O)C(=O)C(N)=O. The van der Waals surface area contributed by atoms with Crippen LogP contribution in [0.3, 0.4) is 0 Å². The summed E-state index contributed by atoms with van der Waals surface area (Å²) in [4.78, 5) is 74.6. The normalized spacial score (nSPS) is 21.1. The standard InChI is InChI=1S/C26H43N5O8/c1-14(39-26(2,3)4)19(31-25(37)38)24(36)30-18(12-15-8-6-5-7-9-15)23(35)29-17(20(32)21(27)33)13-16-10-11-28-22(16)34/h14-19,31H,5-13H2,1-4H3,(H2,27,33)(H,28,34)(H,29,35)(H,30,36)(H,37,38)/t14-,16?,17?,18?,19+/m1/s1. The van der Waals surface area contributed by atoms with Crippen molar-refractivity contribution >= 4 is 35.5 Å². The number of rotatable bonds is 13. The minimum absolute atomic E-state index is 0.108. The molecule has 5 amide bonds. The third kappa shape index (κ3) is 10.5. The van der Waals surface area contributed by atoms with Crippen molar-refractivity contribution in [2.24, 2.45) is 17.6 Å².